The van der Waals surface area contributed by atoms with Gasteiger partial charge in [0.15, 0.2) is 0 Å². The summed E-state index contributed by atoms with van der Waals surface area (Å²) in [5.41, 5.74) is 10.1. The smallest absolute Gasteiger partial charge is 0.250 e. The summed E-state index contributed by atoms with van der Waals surface area (Å²) in [6.07, 6.45) is 1.93. The molecule has 0 atom stereocenters. The first-order valence-electron chi connectivity index (χ1n) is 11.9. The Labute approximate surface area is 208 Å². The van der Waals surface area contributed by atoms with Crippen LogP contribution in [0, 0.1) is 11.8 Å². The summed E-state index contributed by atoms with van der Waals surface area (Å²) in [6.45, 7) is 1.85. The van der Waals surface area contributed by atoms with Crippen molar-refractivity contribution in [3.05, 3.63) is 72.1 Å². The van der Waals surface area contributed by atoms with Gasteiger partial charge < -0.3 is 15.5 Å². The van der Waals surface area contributed by atoms with Crippen molar-refractivity contribution in [3.63, 3.8) is 0 Å². The number of aromatic amines is 1. The molecule has 6 nitrogen and oxygen atoms in total. The molecule has 3 N–H and O–H groups in total. The lowest BCUT2D eigenvalue weighted by atomic mass is 10.0. The molecule has 8 heteroatoms. The van der Waals surface area contributed by atoms with Crippen LogP contribution < -0.4 is 10.5 Å². The van der Waals surface area contributed by atoms with Crippen LogP contribution in [0.2, 0.25) is 0 Å². The second-order valence-corrected chi connectivity index (χ2v) is 8.94. The molecule has 1 fully saturated rings. The molecular weight excluding hydrogens is 460 g/mol. The zero-order chi connectivity index (χ0) is 25.0. The molecule has 3 heterocycles. The molecule has 36 heavy (non-hydrogen) atoms. The molecule has 2 aromatic heterocycles. The molecule has 0 spiro atoms. The van der Waals surface area contributed by atoms with Crippen LogP contribution in [0.15, 0.2) is 60.9 Å². The maximum atomic E-state index is 13.4. The van der Waals surface area contributed by atoms with Gasteiger partial charge in [-0.25, -0.2) is 18.7 Å². The van der Waals surface area contributed by atoms with Gasteiger partial charge in [0.1, 0.15) is 17.7 Å². The first-order valence-corrected chi connectivity index (χ1v) is 11.9. The van der Waals surface area contributed by atoms with Crippen LogP contribution in [0.4, 0.5) is 8.78 Å². The first-order chi connectivity index (χ1) is 17.5. The summed E-state index contributed by atoms with van der Waals surface area (Å²) >= 11 is 0. The van der Waals surface area contributed by atoms with Crippen molar-refractivity contribution >= 4 is 11.0 Å². The van der Waals surface area contributed by atoms with Gasteiger partial charge in [0.25, 0.3) is 5.92 Å². The number of ether oxygens (including phenoxy) is 1. The number of hydrogen-bond acceptors (Lipinski definition) is 5. The molecule has 0 amide bonds. The summed E-state index contributed by atoms with van der Waals surface area (Å²) in [5, 5.41) is 0.777. The summed E-state index contributed by atoms with van der Waals surface area (Å²) in [5.74, 6) is 4.51. The Hall–Kier alpha value is -3.80. The van der Waals surface area contributed by atoms with E-state index in [0.29, 0.717) is 49.9 Å². The molecule has 4 aromatic rings. The number of H-pyrrole nitrogens is 1. The van der Waals surface area contributed by atoms with Crippen LogP contribution in [0.25, 0.3) is 22.3 Å². The first kappa shape index (κ1) is 23.9. The van der Waals surface area contributed by atoms with E-state index in [-0.39, 0.29) is 12.8 Å². The molecule has 2 aromatic carbocycles. The maximum Gasteiger partial charge on any atom is 0.250 e. The van der Waals surface area contributed by atoms with E-state index >= 15 is 0 Å². The van der Waals surface area contributed by atoms with Gasteiger partial charge in [-0.05, 0) is 34.9 Å². The van der Waals surface area contributed by atoms with Gasteiger partial charge in [-0.15, -0.1) is 0 Å². The minimum absolute atomic E-state index is 0.0712. The molecule has 1 aliphatic heterocycles. The standard InChI is InChI=1S/C28H27F2N5O/c29-28(30)11-14-35(15-12-28)18-21-7-9-22(10-8-21)25-17-24-26(34-25)32-19-33-27(24)36-23-6-3-5-20(16-23)4-1-2-13-31/h3,5-10,16-17,19H,4,11-15,18,31H2,(H,32,33,34). The zero-order valence-electron chi connectivity index (χ0n) is 19.8. The van der Waals surface area contributed by atoms with E-state index in [2.05, 4.69) is 31.7 Å². The van der Waals surface area contributed by atoms with E-state index in [4.69, 9.17) is 10.5 Å². The van der Waals surface area contributed by atoms with E-state index in [0.717, 1.165) is 27.8 Å². The van der Waals surface area contributed by atoms with Crippen molar-refractivity contribution in [1.29, 1.82) is 0 Å². The number of halogens is 2. The molecule has 0 aliphatic carbocycles. The average molecular weight is 488 g/mol. The number of benzene rings is 2. The van der Waals surface area contributed by atoms with E-state index < -0.39 is 5.92 Å². The number of nitrogens with zero attached hydrogens (tertiary/aromatic N) is 3. The minimum atomic E-state index is -2.52. The summed E-state index contributed by atoms with van der Waals surface area (Å²) in [4.78, 5) is 14.1. The SMILES string of the molecule is NCC#CCc1cccc(Oc2ncnc3[nH]c(-c4ccc(CN5CCC(F)(F)CC5)cc4)cc23)c1. The third kappa shape index (κ3) is 5.70. The van der Waals surface area contributed by atoms with Gasteiger partial charge in [0, 0.05) is 44.6 Å². The average Bonchev–Trinajstić information content (AvgIpc) is 3.32. The molecule has 5 rings (SSSR count). The van der Waals surface area contributed by atoms with Crippen molar-refractivity contribution in [3.8, 4) is 34.7 Å². The van der Waals surface area contributed by atoms with Gasteiger partial charge in [-0.1, -0.05) is 48.2 Å². The van der Waals surface area contributed by atoms with E-state index in [1.807, 2.05) is 54.6 Å². The fraction of sp³-hybridized carbons (Fsp3) is 0.286. The number of likely N-dealkylation sites (tertiary alicyclic amines) is 1. The topological polar surface area (TPSA) is 80.1 Å². The molecule has 1 aliphatic rings. The lowest BCUT2D eigenvalue weighted by molar-refractivity contribution is -0.0566. The van der Waals surface area contributed by atoms with Crippen LogP contribution in [0.1, 0.15) is 24.0 Å². The van der Waals surface area contributed by atoms with Gasteiger partial charge in [0.05, 0.1) is 11.9 Å². The van der Waals surface area contributed by atoms with Gasteiger partial charge in [-0.3, -0.25) is 4.90 Å². The number of rotatable bonds is 6. The Morgan fingerprint density at radius 2 is 1.81 bits per heavy atom. The number of nitrogens with two attached hydrogens (primary N) is 1. The van der Waals surface area contributed by atoms with Crippen LogP contribution in [0.3, 0.4) is 0 Å². The predicted octanol–water partition coefficient (Wildman–Crippen LogP) is 5.15. The lowest BCUT2D eigenvalue weighted by Gasteiger charge is -2.31. The number of hydrogen-bond donors (Lipinski definition) is 2. The molecule has 0 bridgehead atoms. The number of alkyl halides is 2. The third-order valence-electron chi connectivity index (χ3n) is 6.28. The van der Waals surface area contributed by atoms with Gasteiger partial charge in [0.2, 0.25) is 5.88 Å². The molecule has 0 radical (unpaired) electrons. The Balaban J connectivity index is 1.31. The highest BCUT2D eigenvalue weighted by molar-refractivity contribution is 5.87. The lowest BCUT2D eigenvalue weighted by Crippen LogP contribution is -2.38. The molecule has 0 unspecified atom stereocenters. The number of aromatic nitrogens is 3. The molecule has 0 saturated carbocycles. The Kier molecular flexibility index (Phi) is 6.94. The van der Waals surface area contributed by atoms with Crippen LogP contribution in [0.5, 0.6) is 11.6 Å². The summed E-state index contributed by atoms with van der Waals surface area (Å²) < 4.78 is 32.9. The second kappa shape index (κ2) is 10.4. The Bertz CT molecular complexity index is 1390. The van der Waals surface area contributed by atoms with E-state index in [9.17, 15) is 8.78 Å². The monoisotopic (exact) mass is 487 g/mol. The quantitative estimate of drug-likeness (QED) is 0.368. The highest BCUT2D eigenvalue weighted by Gasteiger charge is 2.33. The predicted molar refractivity (Wildman–Crippen MR) is 136 cm³/mol. The summed E-state index contributed by atoms with van der Waals surface area (Å²) in [6, 6.07) is 17.8. The highest BCUT2D eigenvalue weighted by Crippen LogP contribution is 2.32. The van der Waals surface area contributed by atoms with Crippen LogP contribution in [-0.4, -0.2) is 45.4 Å². The number of piperidine rings is 1. The van der Waals surface area contributed by atoms with Crippen molar-refractivity contribution in [2.24, 2.45) is 5.73 Å². The zero-order valence-corrected chi connectivity index (χ0v) is 19.8. The Morgan fingerprint density at radius 1 is 1.00 bits per heavy atom. The molecule has 1 saturated heterocycles. The van der Waals surface area contributed by atoms with Gasteiger partial charge in [-0.2, -0.15) is 0 Å². The number of fused-ring (bicyclic) bond motifs is 1. The highest BCUT2D eigenvalue weighted by atomic mass is 19.3. The van der Waals surface area contributed by atoms with Crippen molar-refractivity contribution in [2.75, 3.05) is 19.6 Å². The van der Waals surface area contributed by atoms with Crippen LogP contribution >= 0.6 is 0 Å². The largest absolute Gasteiger partial charge is 0.438 e. The third-order valence-corrected chi connectivity index (χ3v) is 6.28. The fourth-order valence-electron chi connectivity index (χ4n) is 4.31. The van der Waals surface area contributed by atoms with Crippen molar-refractivity contribution in [2.45, 2.75) is 31.7 Å². The molecular formula is C28H27F2N5O. The summed E-state index contributed by atoms with van der Waals surface area (Å²) in [7, 11) is 0. The normalized spacial score (nSPS) is 15.4. The second-order valence-electron chi connectivity index (χ2n) is 8.94. The number of nitrogens with one attached hydrogen (secondary N) is 1. The minimum Gasteiger partial charge on any atom is -0.438 e. The van der Waals surface area contributed by atoms with Gasteiger partial charge >= 0.3 is 0 Å². The Morgan fingerprint density at radius 3 is 2.58 bits per heavy atom. The van der Waals surface area contributed by atoms with E-state index in [1.165, 1.54) is 6.33 Å². The van der Waals surface area contributed by atoms with Crippen molar-refractivity contribution < 1.29 is 13.5 Å². The van der Waals surface area contributed by atoms with E-state index in [1.54, 1.807) is 0 Å². The van der Waals surface area contributed by atoms with Crippen molar-refractivity contribution in [1.82, 2.24) is 19.9 Å². The fourth-order valence-corrected chi connectivity index (χ4v) is 4.31. The maximum absolute atomic E-state index is 13.4. The molecule has 184 valence electrons. The van der Waals surface area contributed by atoms with Crippen LogP contribution in [-0.2, 0) is 13.0 Å².